The third kappa shape index (κ3) is 1.00. The Kier molecular flexibility index (Phi) is 1.81. The van der Waals surface area contributed by atoms with Gasteiger partial charge in [-0.05, 0) is 13.8 Å². The Balaban J connectivity index is 2.40. The molecule has 1 aromatic rings. The number of hydrogen-bond acceptors (Lipinski definition) is 4. The molecule has 2 N–H and O–H groups in total. The molecule has 0 saturated carbocycles. The molecule has 94 valence electrons. The van der Waals surface area contributed by atoms with Crippen LogP contribution in [-0.4, -0.2) is 15.9 Å². The Morgan fingerprint density at radius 1 is 1.11 bits per heavy atom. The minimum absolute atomic E-state index is 0.0358. The lowest BCUT2D eigenvalue weighted by atomic mass is 9.60. The van der Waals surface area contributed by atoms with Crippen LogP contribution in [0.15, 0.2) is 12.3 Å². The van der Waals surface area contributed by atoms with E-state index >= 15 is 0 Å². The standard InChI is InChI=1S/C13H16N4O/c1-6-12(3,4)13(5)8-9(14-6)15-7(2)16-10(8)17-11(13)18/h1H2,2-5H3,(H2,14,15,16,17,18). The van der Waals surface area contributed by atoms with Gasteiger partial charge in [0.25, 0.3) is 0 Å². The Bertz CT molecular complexity index is 605. The van der Waals surface area contributed by atoms with Crippen molar-refractivity contribution in [2.45, 2.75) is 33.1 Å². The number of aryl methyl sites for hydroxylation is 1. The van der Waals surface area contributed by atoms with E-state index in [1.807, 2.05) is 27.7 Å². The number of rotatable bonds is 0. The number of nitrogens with one attached hydrogen (secondary N) is 2. The van der Waals surface area contributed by atoms with E-state index < -0.39 is 10.8 Å². The van der Waals surface area contributed by atoms with Gasteiger partial charge in [0.1, 0.15) is 17.5 Å². The van der Waals surface area contributed by atoms with Gasteiger partial charge in [-0.25, -0.2) is 9.97 Å². The molecule has 1 atom stereocenters. The predicted molar refractivity (Wildman–Crippen MR) is 69.3 cm³/mol. The van der Waals surface area contributed by atoms with E-state index in [1.165, 1.54) is 0 Å². The van der Waals surface area contributed by atoms with Crippen LogP contribution in [0.5, 0.6) is 0 Å². The zero-order chi connectivity index (χ0) is 13.3. The van der Waals surface area contributed by atoms with Gasteiger partial charge in [-0.3, -0.25) is 4.79 Å². The molecule has 5 nitrogen and oxygen atoms in total. The smallest absolute Gasteiger partial charge is 0.237 e. The molecule has 5 heteroatoms. The number of aromatic nitrogens is 2. The van der Waals surface area contributed by atoms with Crippen molar-refractivity contribution in [1.29, 1.82) is 0 Å². The summed E-state index contributed by atoms with van der Waals surface area (Å²) >= 11 is 0. The van der Waals surface area contributed by atoms with Crippen LogP contribution in [0.2, 0.25) is 0 Å². The normalized spacial score (nSPS) is 27.6. The van der Waals surface area contributed by atoms with Gasteiger partial charge in [0, 0.05) is 11.1 Å². The van der Waals surface area contributed by atoms with Crippen LogP contribution in [0, 0.1) is 12.3 Å². The van der Waals surface area contributed by atoms with Crippen molar-refractivity contribution in [1.82, 2.24) is 9.97 Å². The maximum absolute atomic E-state index is 12.4. The molecule has 3 rings (SSSR count). The first kappa shape index (κ1) is 11.2. The highest BCUT2D eigenvalue weighted by atomic mass is 16.2. The monoisotopic (exact) mass is 244 g/mol. The summed E-state index contributed by atoms with van der Waals surface area (Å²) in [5.74, 6) is 1.92. The minimum atomic E-state index is -0.673. The van der Waals surface area contributed by atoms with Crippen LogP contribution in [0.1, 0.15) is 32.2 Å². The minimum Gasteiger partial charge on any atom is -0.343 e. The highest BCUT2D eigenvalue weighted by Gasteiger charge is 2.59. The number of carbonyl (C=O) groups excluding carboxylic acids is 1. The maximum Gasteiger partial charge on any atom is 0.237 e. The molecule has 0 spiro atoms. The highest BCUT2D eigenvalue weighted by Crippen LogP contribution is 2.56. The second-order valence-electron chi connectivity index (χ2n) is 5.65. The average Bonchev–Trinajstić information content (AvgIpc) is 2.50. The molecule has 2 aliphatic heterocycles. The Labute approximate surface area is 106 Å². The Hall–Kier alpha value is -1.91. The first-order valence-corrected chi connectivity index (χ1v) is 5.95. The molecule has 0 bridgehead atoms. The van der Waals surface area contributed by atoms with Crippen molar-refractivity contribution >= 4 is 17.5 Å². The molecule has 1 amide bonds. The van der Waals surface area contributed by atoms with Gasteiger partial charge in [0.2, 0.25) is 5.91 Å². The summed E-state index contributed by atoms with van der Waals surface area (Å²) in [6.45, 7) is 11.8. The first-order chi connectivity index (χ1) is 8.28. The largest absolute Gasteiger partial charge is 0.343 e. The van der Waals surface area contributed by atoms with E-state index in [4.69, 9.17) is 0 Å². The lowest BCUT2D eigenvalue weighted by Gasteiger charge is -2.45. The van der Waals surface area contributed by atoms with Gasteiger partial charge < -0.3 is 10.6 Å². The number of amides is 1. The number of carbonyl (C=O) groups is 1. The number of allylic oxidation sites excluding steroid dienone is 1. The van der Waals surface area contributed by atoms with E-state index in [9.17, 15) is 4.79 Å². The maximum atomic E-state index is 12.4. The fraction of sp³-hybridized carbons (Fsp3) is 0.462. The molecule has 18 heavy (non-hydrogen) atoms. The van der Waals surface area contributed by atoms with Gasteiger partial charge >= 0.3 is 0 Å². The predicted octanol–water partition coefficient (Wildman–Crippen LogP) is 1.96. The lowest BCUT2D eigenvalue weighted by Crippen LogP contribution is -2.50. The van der Waals surface area contributed by atoms with Crippen molar-refractivity contribution in [3.8, 4) is 0 Å². The molecule has 0 aliphatic carbocycles. The summed E-state index contributed by atoms with van der Waals surface area (Å²) in [5, 5.41) is 6.08. The summed E-state index contributed by atoms with van der Waals surface area (Å²) in [4.78, 5) is 21.1. The van der Waals surface area contributed by atoms with Crippen molar-refractivity contribution in [2.24, 2.45) is 5.41 Å². The van der Waals surface area contributed by atoms with Gasteiger partial charge in [-0.15, -0.1) is 0 Å². The number of nitrogens with zero attached hydrogens (tertiary/aromatic N) is 2. The second kappa shape index (κ2) is 2.91. The van der Waals surface area contributed by atoms with E-state index in [1.54, 1.807) is 0 Å². The van der Waals surface area contributed by atoms with Crippen molar-refractivity contribution in [2.75, 3.05) is 10.6 Å². The molecule has 0 fully saturated rings. The molecule has 1 unspecified atom stereocenters. The third-order valence-corrected chi connectivity index (χ3v) is 4.48. The molecular formula is C13H16N4O. The van der Waals surface area contributed by atoms with Gasteiger partial charge in [-0.2, -0.15) is 0 Å². The molecule has 1 aromatic heterocycles. The average molecular weight is 244 g/mol. The fourth-order valence-electron chi connectivity index (χ4n) is 2.77. The van der Waals surface area contributed by atoms with Gasteiger partial charge in [-0.1, -0.05) is 20.4 Å². The van der Waals surface area contributed by atoms with Crippen molar-refractivity contribution in [3.05, 3.63) is 23.7 Å². The van der Waals surface area contributed by atoms with Crippen LogP contribution in [-0.2, 0) is 10.2 Å². The quantitative estimate of drug-likeness (QED) is 0.732. The SMILES string of the molecule is C=C1Nc2nc(C)nc3c2C(C)(C(=O)N3)C1(C)C. The van der Waals surface area contributed by atoms with E-state index in [2.05, 4.69) is 27.2 Å². The van der Waals surface area contributed by atoms with Crippen molar-refractivity contribution < 1.29 is 4.79 Å². The first-order valence-electron chi connectivity index (χ1n) is 5.95. The third-order valence-electron chi connectivity index (χ3n) is 4.48. The summed E-state index contributed by atoms with van der Waals surface area (Å²) in [6, 6.07) is 0. The fourth-order valence-corrected chi connectivity index (χ4v) is 2.77. The molecule has 0 saturated heterocycles. The van der Waals surface area contributed by atoms with Crippen LogP contribution >= 0.6 is 0 Å². The topological polar surface area (TPSA) is 66.9 Å². The zero-order valence-electron chi connectivity index (χ0n) is 11.0. The summed E-state index contributed by atoms with van der Waals surface area (Å²) in [6.07, 6.45) is 0. The molecule has 0 radical (unpaired) electrons. The van der Waals surface area contributed by atoms with Gasteiger partial charge in [0.15, 0.2) is 0 Å². The summed E-state index contributed by atoms with van der Waals surface area (Å²) in [7, 11) is 0. The van der Waals surface area contributed by atoms with E-state index in [0.717, 1.165) is 11.3 Å². The van der Waals surface area contributed by atoms with Gasteiger partial charge in [0.05, 0.1) is 11.0 Å². The summed E-state index contributed by atoms with van der Waals surface area (Å²) in [5.41, 5.74) is 0.593. The van der Waals surface area contributed by atoms with Crippen LogP contribution in [0.4, 0.5) is 11.6 Å². The highest BCUT2D eigenvalue weighted by molar-refractivity contribution is 6.08. The van der Waals surface area contributed by atoms with Crippen molar-refractivity contribution in [3.63, 3.8) is 0 Å². The van der Waals surface area contributed by atoms with E-state index in [0.29, 0.717) is 17.5 Å². The van der Waals surface area contributed by atoms with Crippen LogP contribution in [0.25, 0.3) is 0 Å². The Morgan fingerprint density at radius 2 is 1.67 bits per heavy atom. The van der Waals surface area contributed by atoms with E-state index in [-0.39, 0.29) is 5.91 Å². The van der Waals surface area contributed by atoms with Crippen LogP contribution in [0.3, 0.4) is 0 Å². The van der Waals surface area contributed by atoms with Crippen LogP contribution < -0.4 is 10.6 Å². The molecule has 2 aliphatic rings. The number of hydrogen-bond donors (Lipinski definition) is 2. The number of anilines is 2. The molecule has 0 aromatic carbocycles. The summed E-state index contributed by atoms with van der Waals surface area (Å²) < 4.78 is 0. The lowest BCUT2D eigenvalue weighted by molar-refractivity contribution is -0.123. The Morgan fingerprint density at radius 3 is 2.28 bits per heavy atom. The molecular weight excluding hydrogens is 228 g/mol. The second-order valence-corrected chi connectivity index (χ2v) is 5.65. The molecule has 3 heterocycles. The zero-order valence-corrected chi connectivity index (χ0v) is 11.0.